The Kier molecular flexibility index (Phi) is 4.29. The van der Waals surface area contributed by atoms with Crippen LogP contribution in [0.2, 0.25) is 0 Å². The minimum Gasteiger partial charge on any atom is -0.387 e. The second kappa shape index (κ2) is 6.06. The summed E-state index contributed by atoms with van der Waals surface area (Å²) < 4.78 is 13.4. The predicted molar refractivity (Wildman–Crippen MR) is 87.3 cm³/mol. The molecule has 4 unspecified atom stereocenters. The first kappa shape index (κ1) is 15.6. The van der Waals surface area contributed by atoms with Gasteiger partial charge in [-0.1, -0.05) is 36.0 Å². The van der Waals surface area contributed by atoms with Crippen molar-refractivity contribution in [3.63, 3.8) is 0 Å². The zero-order valence-corrected chi connectivity index (χ0v) is 13.4. The van der Waals surface area contributed by atoms with E-state index in [2.05, 4.69) is 6.07 Å². The molecule has 1 saturated heterocycles. The molecule has 2 aromatic rings. The van der Waals surface area contributed by atoms with Crippen LogP contribution in [0.25, 0.3) is 10.8 Å². The molecule has 1 fully saturated rings. The highest BCUT2D eigenvalue weighted by atomic mass is 32.1. The Hall–Kier alpha value is -1.31. The molecule has 0 bridgehead atoms. The Bertz CT molecular complexity index is 746. The molecule has 6 heteroatoms. The van der Waals surface area contributed by atoms with E-state index < -0.39 is 18.4 Å². The number of rotatable bonds is 3. The monoisotopic (exact) mass is 320 g/mol. The summed E-state index contributed by atoms with van der Waals surface area (Å²) in [5.41, 5.74) is 7.20. The number of aryl methyl sites for hydroxylation is 1. The van der Waals surface area contributed by atoms with Crippen LogP contribution in [0.4, 0.5) is 0 Å². The summed E-state index contributed by atoms with van der Waals surface area (Å²) in [4.78, 5) is 0. The van der Waals surface area contributed by atoms with Crippen LogP contribution in [0.3, 0.4) is 0 Å². The number of ether oxygens (including phenoxy) is 2. The van der Waals surface area contributed by atoms with E-state index in [4.69, 9.17) is 27.4 Å². The normalized spacial score (nSPS) is 28.4. The Morgan fingerprint density at radius 2 is 2.18 bits per heavy atom. The number of pyridine rings is 1. The number of hydrogen-bond acceptors (Lipinski definition) is 5. The van der Waals surface area contributed by atoms with Gasteiger partial charge < -0.3 is 24.9 Å². The largest absolute Gasteiger partial charge is 0.387 e. The fourth-order valence-electron chi connectivity index (χ4n) is 2.89. The molecule has 1 aromatic heterocycles. The molecule has 0 aliphatic carbocycles. The summed E-state index contributed by atoms with van der Waals surface area (Å²) in [7, 11) is 1.58. The van der Waals surface area contributed by atoms with Gasteiger partial charge in [-0.15, -0.1) is 0 Å². The summed E-state index contributed by atoms with van der Waals surface area (Å²) in [5.74, 6) is 0. The second-order valence-corrected chi connectivity index (χ2v) is 6.09. The van der Waals surface area contributed by atoms with Gasteiger partial charge in [0, 0.05) is 18.7 Å². The molecule has 3 N–H and O–H groups in total. The molecule has 3 rings (SSSR count). The number of aliphatic hydroxyl groups is 1. The molecule has 0 spiro atoms. The first-order valence-electron chi connectivity index (χ1n) is 7.22. The molecular formula is C16H20N2O3S. The lowest BCUT2D eigenvalue weighted by atomic mass is 10.1. The maximum Gasteiger partial charge on any atom is 0.162 e. The number of nitrogens with two attached hydrogens (primary N) is 1. The van der Waals surface area contributed by atoms with Gasteiger partial charge in [0.2, 0.25) is 0 Å². The van der Waals surface area contributed by atoms with E-state index in [1.54, 1.807) is 11.7 Å². The Balaban J connectivity index is 2.02. The van der Waals surface area contributed by atoms with E-state index in [1.807, 2.05) is 31.3 Å². The van der Waals surface area contributed by atoms with Crippen molar-refractivity contribution in [3.05, 3.63) is 40.7 Å². The zero-order valence-electron chi connectivity index (χ0n) is 12.6. The zero-order chi connectivity index (χ0) is 15.9. The van der Waals surface area contributed by atoms with Crippen LogP contribution < -0.4 is 5.73 Å². The number of hydrogen-bond donors (Lipinski definition) is 2. The Morgan fingerprint density at radius 3 is 2.91 bits per heavy atom. The average Bonchev–Trinajstić information content (AvgIpc) is 2.76. The van der Waals surface area contributed by atoms with Crippen LogP contribution in [0.5, 0.6) is 0 Å². The fourth-order valence-corrected chi connectivity index (χ4v) is 3.24. The van der Waals surface area contributed by atoms with Crippen LogP contribution in [-0.4, -0.2) is 41.6 Å². The van der Waals surface area contributed by atoms with Crippen molar-refractivity contribution >= 4 is 23.0 Å². The highest BCUT2D eigenvalue weighted by Gasteiger charge is 2.42. The van der Waals surface area contributed by atoms with Gasteiger partial charge in [0.1, 0.15) is 16.8 Å². The maximum absolute atomic E-state index is 10.4. The first-order valence-corrected chi connectivity index (χ1v) is 7.63. The molecule has 0 saturated carbocycles. The maximum atomic E-state index is 10.4. The number of aliphatic hydroxyl groups excluding tert-OH is 1. The molecule has 4 atom stereocenters. The van der Waals surface area contributed by atoms with Gasteiger partial charge in [0.05, 0.1) is 12.6 Å². The van der Waals surface area contributed by atoms with E-state index >= 15 is 0 Å². The van der Waals surface area contributed by atoms with Gasteiger partial charge in [0.25, 0.3) is 0 Å². The lowest BCUT2D eigenvalue weighted by Crippen LogP contribution is -2.41. The minimum atomic E-state index is -0.824. The van der Waals surface area contributed by atoms with Crippen LogP contribution in [-0.2, 0) is 9.47 Å². The molecule has 0 amide bonds. The molecular weight excluding hydrogens is 300 g/mol. The van der Waals surface area contributed by atoms with E-state index in [1.165, 1.54) is 5.56 Å². The van der Waals surface area contributed by atoms with Crippen molar-refractivity contribution in [3.8, 4) is 0 Å². The van der Waals surface area contributed by atoms with E-state index in [9.17, 15) is 5.11 Å². The van der Waals surface area contributed by atoms with Gasteiger partial charge in [-0.3, -0.25) is 0 Å². The molecule has 0 radical (unpaired) electrons. The summed E-state index contributed by atoms with van der Waals surface area (Å²) in [5, 5.41) is 12.4. The molecule has 2 heterocycles. The van der Waals surface area contributed by atoms with Crippen LogP contribution >= 0.6 is 12.2 Å². The van der Waals surface area contributed by atoms with E-state index in [0.29, 0.717) is 11.2 Å². The van der Waals surface area contributed by atoms with Crippen molar-refractivity contribution in [1.82, 2.24) is 4.57 Å². The summed E-state index contributed by atoms with van der Waals surface area (Å²) in [6.45, 7) is 2.39. The fraction of sp³-hybridized carbons (Fsp3) is 0.438. The van der Waals surface area contributed by atoms with Crippen molar-refractivity contribution in [2.75, 3.05) is 13.7 Å². The predicted octanol–water partition coefficient (Wildman–Crippen LogP) is 1.91. The lowest BCUT2D eigenvalue weighted by molar-refractivity contribution is -0.0567. The highest BCUT2D eigenvalue weighted by Crippen LogP contribution is 2.30. The van der Waals surface area contributed by atoms with Crippen LogP contribution in [0.15, 0.2) is 30.5 Å². The van der Waals surface area contributed by atoms with Gasteiger partial charge in [-0.2, -0.15) is 0 Å². The van der Waals surface area contributed by atoms with Gasteiger partial charge >= 0.3 is 0 Å². The minimum absolute atomic E-state index is 0.342. The molecule has 1 aliphatic heterocycles. The smallest absolute Gasteiger partial charge is 0.162 e. The summed E-state index contributed by atoms with van der Waals surface area (Å²) in [6, 6.07) is 7.58. The van der Waals surface area contributed by atoms with Crippen molar-refractivity contribution in [2.45, 2.75) is 31.4 Å². The standard InChI is InChI=1S/C16H20N2O3S/c1-9-3-4-11-10(7-9)5-6-18(16(11)22)15-14(19)13(17)12(21-15)8-20-2/h3-7,12-15,19H,8,17H2,1-2H3. The second-order valence-electron chi connectivity index (χ2n) is 5.71. The summed E-state index contributed by atoms with van der Waals surface area (Å²) in [6.07, 6.45) is 0.0867. The van der Waals surface area contributed by atoms with Crippen molar-refractivity contribution < 1.29 is 14.6 Å². The van der Waals surface area contributed by atoms with Crippen LogP contribution in [0.1, 0.15) is 11.8 Å². The van der Waals surface area contributed by atoms with Crippen LogP contribution in [0, 0.1) is 11.6 Å². The first-order chi connectivity index (χ1) is 10.5. The van der Waals surface area contributed by atoms with Gasteiger partial charge in [-0.05, 0) is 18.4 Å². The Labute approximate surface area is 134 Å². The topological polar surface area (TPSA) is 69.6 Å². The van der Waals surface area contributed by atoms with E-state index in [-0.39, 0.29) is 6.10 Å². The molecule has 1 aromatic carbocycles. The Morgan fingerprint density at radius 1 is 1.41 bits per heavy atom. The third-order valence-electron chi connectivity index (χ3n) is 4.12. The van der Waals surface area contributed by atoms with Crippen molar-refractivity contribution in [1.29, 1.82) is 0 Å². The molecule has 118 valence electrons. The number of fused-ring (bicyclic) bond motifs is 1. The number of methoxy groups -OCH3 is 1. The lowest BCUT2D eigenvalue weighted by Gasteiger charge is -2.20. The summed E-state index contributed by atoms with van der Waals surface area (Å²) >= 11 is 5.57. The third-order valence-corrected chi connectivity index (χ3v) is 4.55. The number of benzene rings is 1. The number of aromatic nitrogens is 1. The van der Waals surface area contributed by atoms with E-state index in [0.717, 1.165) is 10.8 Å². The molecule has 1 aliphatic rings. The molecule has 5 nitrogen and oxygen atoms in total. The molecule has 22 heavy (non-hydrogen) atoms. The third kappa shape index (κ3) is 2.57. The number of nitrogens with zero attached hydrogens (tertiary/aromatic N) is 1. The average molecular weight is 320 g/mol. The quantitative estimate of drug-likeness (QED) is 0.846. The highest BCUT2D eigenvalue weighted by molar-refractivity contribution is 7.71. The van der Waals surface area contributed by atoms with Gasteiger partial charge in [0.15, 0.2) is 6.23 Å². The van der Waals surface area contributed by atoms with Gasteiger partial charge in [-0.25, -0.2) is 0 Å². The van der Waals surface area contributed by atoms with Crippen molar-refractivity contribution in [2.24, 2.45) is 5.73 Å². The SMILES string of the molecule is COCC1OC(n2ccc3cc(C)ccc3c2=S)C(O)C1N.